The van der Waals surface area contributed by atoms with Gasteiger partial charge in [0.25, 0.3) is 0 Å². The number of rotatable bonds is 6. The highest BCUT2D eigenvalue weighted by molar-refractivity contribution is 9.10. The molecular formula is C16H17BrN2O3S. The normalized spacial score (nSPS) is 15.6. The highest BCUT2D eigenvalue weighted by Gasteiger charge is 2.38. The van der Waals surface area contributed by atoms with Crippen LogP contribution in [-0.2, 0) is 16.0 Å². The predicted molar refractivity (Wildman–Crippen MR) is 92.6 cm³/mol. The number of carbonyl (C=O) groups is 2. The summed E-state index contributed by atoms with van der Waals surface area (Å²) in [4.78, 5) is 29.7. The number of thiazole rings is 1. The third-order valence-electron chi connectivity index (χ3n) is 3.95. The zero-order chi connectivity index (χ0) is 16.6. The van der Waals surface area contributed by atoms with Crippen molar-refractivity contribution in [2.75, 3.05) is 0 Å². The Hall–Kier alpha value is -1.47. The number of nitrogens with zero attached hydrogens (tertiary/aromatic N) is 2. The SMILES string of the molecule is CC(C(=O)O)N(C(=O)CCc1nc2cc(Br)ccc2s1)C1CC1. The van der Waals surface area contributed by atoms with Crippen molar-refractivity contribution in [2.24, 2.45) is 0 Å². The quantitative estimate of drug-likeness (QED) is 0.811. The maximum absolute atomic E-state index is 12.4. The number of aromatic nitrogens is 1. The van der Waals surface area contributed by atoms with Crippen molar-refractivity contribution in [3.8, 4) is 0 Å². The van der Waals surface area contributed by atoms with Crippen molar-refractivity contribution in [3.63, 3.8) is 0 Å². The maximum Gasteiger partial charge on any atom is 0.326 e. The summed E-state index contributed by atoms with van der Waals surface area (Å²) in [6, 6.07) is 5.27. The fourth-order valence-electron chi connectivity index (χ4n) is 2.61. The summed E-state index contributed by atoms with van der Waals surface area (Å²) in [5, 5.41) is 10.1. The van der Waals surface area contributed by atoms with Crippen molar-refractivity contribution >= 4 is 49.4 Å². The van der Waals surface area contributed by atoms with Gasteiger partial charge in [0.15, 0.2) is 0 Å². The van der Waals surface area contributed by atoms with Crippen LogP contribution < -0.4 is 0 Å². The van der Waals surface area contributed by atoms with E-state index in [0.29, 0.717) is 12.8 Å². The Balaban J connectivity index is 1.68. The third kappa shape index (κ3) is 3.72. The molecule has 1 atom stereocenters. The molecule has 1 aromatic heterocycles. The zero-order valence-electron chi connectivity index (χ0n) is 12.7. The van der Waals surface area contributed by atoms with Gasteiger partial charge in [-0.15, -0.1) is 11.3 Å². The standard InChI is InChI=1S/C16H17BrN2O3S/c1-9(16(21)22)19(11-3-4-11)15(20)7-6-14-18-12-8-10(17)2-5-13(12)23-14/h2,5,8-9,11H,3-4,6-7H2,1H3,(H,21,22). The van der Waals surface area contributed by atoms with Crippen molar-refractivity contribution in [1.82, 2.24) is 9.88 Å². The minimum absolute atomic E-state index is 0.0946. The molecule has 1 unspecified atom stereocenters. The second kappa shape index (κ2) is 6.57. The van der Waals surface area contributed by atoms with Crippen molar-refractivity contribution < 1.29 is 14.7 Å². The van der Waals surface area contributed by atoms with Crippen LogP contribution in [0.4, 0.5) is 0 Å². The Labute approximate surface area is 146 Å². The number of carboxylic acid groups (broad SMARTS) is 1. The van der Waals surface area contributed by atoms with E-state index in [1.807, 2.05) is 18.2 Å². The number of benzene rings is 1. The van der Waals surface area contributed by atoms with Crippen LogP contribution in [0, 0.1) is 0 Å². The van der Waals surface area contributed by atoms with Gasteiger partial charge in [-0.1, -0.05) is 15.9 Å². The lowest BCUT2D eigenvalue weighted by atomic mass is 10.2. The molecule has 1 N–H and O–H groups in total. The summed E-state index contributed by atoms with van der Waals surface area (Å²) in [5.41, 5.74) is 0.921. The van der Waals surface area contributed by atoms with Gasteiger partial charge in [0.2, 0.25) is 5.91 Å². The Morgan fingerprint density at radius 3 is 2.87 bits per heavy atom. The van der Waals surface area contributed by atoms with Gasteiger partial charge >= 0.3 is 5.97 Å². The first-order chi connectivity index (χ1) is 11.0. The molecule has 0 bridgehead atoms. The predicted octanol–water partition coefficient (Wildman–Crippen LogP) is 3.46. The van der Waals surface area contributed by atoms with Crippen LogP contribution in [0.1, 0.15) is 31.2 Å². The Morgan fingerprint density at radius 2 is 2.22 bits per heavy atom. The molecule has 1 heterocycles. The van der Waals surface area contributed by atoms with Gasteiger partial charge in [0, 0.05) is 23.4 Å². The van der Waals surface area contributed by atoms with Gasteiger partial charge in [0.05, 0.1) is 15.2 Å². The van der Waals surface area contributed by atoms with E-state index in [0.717, 1.165) is 32.5 Å². The number of aliphatic carboxylic acids is 1. The largest absolute Gasteiger partial charge is 0.480 e. The van der Waals surface area contributed by atoms with Gasteiger partial charge in [-0.25, -0.2) is 9.78 Å². The number of halogens is 1. The number of aryl methyl sites for hydroxylation is 1. The molecule has 0 spiro atoms. The van der Waals surface area contributed by atoms with Gasteiger partial charge in [-0.3, -0.25) is 4.79 Å². The molecule has 1 aliphatic carbocycles. The van der Waals surface area contributed by atoms with E-state index < -0.39 is 12.0 Å². The van der Waals surface area contributed by atoms with Crippen LogP contribution in [0.25, 0.3) is 10.2 Å². The second-order valence-corrected chi connectivity index (χ2v) is 7.80. The minimum atomic E-state index is -0.949. The van der Waals surface area contributed by atoms with Crippen LogP contribution in [0.5, 0.6) is 0 Å². The van der Waals surface area contributed by atoms with E-state index in [9.17, 15) is 14.7 Å². The smallest absolute Gasteiger partial charge is 0.326 e. The maximum atomic E-state index is 12.4. The molecule has 0 aliphatic heterocycles. The number of amides is 1. The van der Waals surface area contributed by atoms with Crippen molar-refractivity contribution in [2.45, 2.75) is 44.7 Å². The summed E-state index contributed by atoms with van der Waals surface area (Å²) in [6.45, 7) is 1.58. The minimum Gasteiger partial charge on any atom is -0.480 e. The number of hydrogen-bond donors (Lipinski definition) is 1. The lowest BCUT2D eigenvalue weighted by molar-refractivity contribution is -0.150. The molecule has 1 amide bonds. The number of carbonyl (C=O) groups excluding carboxylic acids is 1. The van der Waals surface area contributed by atoms with Gasteiger partial charge in [-0.2, -0.15) is 0 Å². The highest BCUT2D eigenvalue weighted by Crippen LogP contribution is 2.30. The first-order valence-electron chi connectivity index (χ1n) is 7.54. The molecule has 1 fully saturated rings. The number of carboxylic acids is 1. The summed E-state index contributed by atoms with van der Waals surface area (Å²) in [7, 11) is 0. The number of fused-ring (bicyclic) bond motifs is 1. The van der Waals surface area contributed by atoms with E-state index in [4.69, 9.17) is 0 Å². The van der Waals surface area contributed by atoms with E-state index >= 15 is 0 Å². The van der Waals surface area contributed by atoms with Gasteiger partial charge in [0.1, 0.15) is 6.04 Å². The molecular weight excluding hydrogens is 380 g/mol. The van der Waals surface area contributed by atoms with Crippen molar-refractivity contribution in [3.05, 3.63) is 27.7 Å². The Morgan fingerprint density at radius 1 is 1.48 bits per heavy atom. The fraction of sp³-hybridized carbons (Fsp3) is 0.438. The molecule has 3 rings (SSSR count). The van der Waals surface area contributed by atoms with Crippen LogP contribution in [-0.4, -0.2) is 39.0 Å². The lowest BCUT2D eigenvalue weighted by Gasteiger charge is -2.26. The third-order valence-corrected chi connectivity index (χ3v) is 5.54. The van der Waals surface area contributed by atoms with Crippen molar-refractivity contribution in [1.29, 1.82) is 0 Å². The second-order valence-electron chi connectivity index (χ2n) is 5.77. The zero-order valence-corrected chi connectivity index (χ0v) is 15.1. The van der Waals surface area contributed by atoms with Crippen LogP contribution >= 0.6 is 27.3 Å². The lowest BCUT2D eigenvalue weighted by Crippen LogP contribution is -2.44. The summed E-state index contributed by atoms with van der Waals surface area (Å²) < 4.78 is 2.07. The van der Waals surface area contributed by atoms with E-state index in [-0.39, 0.29) is 11.9 Å². The number of hydrogen-bond acceptors (Lipinski definition) is 4. The van der Waals surface area contributed by atoms with E-state index in [1.165, 1.54) is 4.90 Å². The Bertz CT molecular complexity index is 757. The molecule has 0 radical (unpaired) electrons. The fourth-order valence-corrected chi connectivity index (χ4v) is 3.90. The molecule has 0 saturated heterocycles. The van der Waals surface area contributed by atoms with Gasteiger partial charge < -0.3 is 10.0 Å². The first kappa shape index (κ1) is 16.4. The molecule has 2 aromatic rings. The Kier molecular flexibility index (Phi) is 4.68. The average Bonchev–Trinajstić information content (AvgIpc) is 3.24. The van der Waals surface area contributed by atoms with Gasteiger partial charge in [-0.05, 0) is 38.0 Å². The molecule has 122 valence electrons. The van der Waals surface area contributed by atoms with Crippen LogP contribution in [0.3, 0.4) is 0 Å². The average molecular weight is 397 g/mol. The topological polar surface area (TPSA) is 70.5 Å². The molecule has 1 aliphatic rings. The molecule has 7 heteroatoms. The van der Waals surface area contributed by atoms with E-state index in [1.54, 1.807) is 18.3 Å². The van der Waals surface area contributed by atoms with Crippen LogP contribution in [0.15, 0.2) is 22.7 Å². The monoisotopic (exact) mass is 396 g/mol. The summed E-state index contributed by atoms with van der Waals surface area (Å²) >= 11 is 5.00. The van der Waals surface area contributed by atoms with E-state index in [2.05, 4.69) is 20.9 Å². The summed E-state index contributed by atoms with van der Waals surface area (Å²) in [5.74, 6) is -1.04. The molecule has 1 aromatic carbocycles. The summed E-state index contributed by atoms with van der Waals surface area (Å²) in [6.07, 6.45) is 2.65. The molecule has 1 saturated carbocycles. The molecule has 5 nitrogen and oxygen atoms in total. The first-order valence-corrected chi connectivity index (χ1v) is 9.15. The molecule has 23 heavy (non-hydrogen) atoms. The van der Waals surface area contributed by atoms with Crippen LogP contribution in [0.2, 0.25) is 0 Å². The highest BCUT2D eigenvalue weighted by atomic mass is 79.9.